The van der Waals surface area contributed by atoms with Crippen molar-refractivity contribution in [1.29, 1.82) is 0 Å². The number of amides is 1. The van der Waals surface area contributed by atoms with Gasteiger partial charge in [-0.3, -0.25) is 4.79 Å². The normalized spacial score (nSPS) is 12.2. The molecule has 6 nitrogen and oxygen atoms in total. The van der Waals surface area contributed by atoms with Crippen molar-refractivity contribution in [2.75, 3.05) is 19.0 Å². The molecule has 1 aromatic rings. The second-order valence-corrected chi connectivity index (χ2v) is 7.49. The molecule has 0 aliphatic rings. The van der Waals surface area contributed by atoms with E-state index < -0.39 is 15.6 Å². The van der Waals surface area contributed by atoms with Gasteiger partial charge in [-0.05, 0) is 52.4 Å². The van der Waals surface area contributed by atoms with E-state index in [4.69, 9.17) is 4.74 Å². The zero-order chi connectivity index (χ0) is 16.3. The number of sulfonamides is 1. The molecule has 0 bridgehead atoms. The summed E-state index contributed by atoms with van der Waals surface area (Å²) in [7, 11) is -2.21. The maximum absolute atomic E-state index is 11.9. The van der Waals surface area contributed by atoms with Crippen LogP contribution in [0, 0.1) is 6.92 Å². The van der Waals surface area contributed by atoms with Crippen LogP contribution in [-0.2, 0) is 19.6 Å². The molecular weight excluding hydrogens is 292 g/mol. The van der Waals surface area contributed by atoms with Gasteiger partial charge in [0.15, 0.2) is 0 Å². The van der Waals surface area contributed by atoms with Gasteiger partial charge in [-0.15, -0.1) is 0 Å². The predicted molar refractivity (Wildman–Crippen MR) is 81.8 cm³/mol. The minimum Gasteiger partial charge on any atom is -0.366 e. The molecule has 1 aromatic carbocycles. The van der Waals surface area contributed by atoms with Crippen molar-refractivity contribution < 1.29 is 17.9 Å². The van der Waals surface area contributed by atoms with E-state index in [0.717, 1.165) is 0 Å². The van der Waals surface area contributed by atoms with Gasteiger partial charge in [0.05, 0.1) is 10.5 Å². The van der Waals surface area contributed by atoms with Crippen molar-refractivity contribution in [3.05, 3.63) is 23.8 Å². The number of aryl methyl sites for hydroxylation is 1. The summed E-state index contributed by atoms with van der Waals surface area (Å²) in [5.74, 6) is -0.332. The van der Waals surface area contributed by atoms with Crippen LogP contribution in [0.4, 0.5) is 5.69 Å². The van der Waals surface area contributed by atoms with Crippen LogP contribution in [0.1, 0.15) is 26.3 Å². The SMILES string of the molecule is CNS(=O)(=O)c1cc(NC(=O)COC(C)(C)C)ccc1C. The van der Waals surface area contributed by atoms with Gasteiger partial charge in [-0.25, -0.2) is 13.1 Å². The molecule has 0 radical (unpaired) electrons. The predicted octanol–water partition coefficient (Wildman–Crippen LogP) is 1.66. The smallest absolute Gasteiger partial charge is 0.250 e. The van der Waals surface area contributed by atoms with E-state index in [1.807, 2.05) is 20.8 Å². The Morgan fingerprint density at radius 2 is 1.90 bits per heavy atom. The molecule has 0 heterocycles. The molecule has 0 atom stereocenters. The summed E-state index contributed by atoms with van der Waals surface area (Å²) in [6.07, 6.45) is 0. The molecule has 21 heavy (non-hydrogen) atoms. The lowest BCUT2D eigenvalue weighted by atomic mass is 10.2. The lowest BCUT2D eigenvalue weighted by Crippen LogP contribution is -2.27. The number of rotatable bonds is 5. The van der Waals surface area contributed by atoms with Gasteiger partial charge >= 0.3 is 0 Å². The molecule has 0 aliphatic heterocycles. The Morgan fingerprint density at radius 3 is 2.43 bits per heavy atom. The fraction of sp³-hybridized carbons (Fsp3) is 0.500. The summed E-state index contributed by atoms with van der Waals surface area (Å²) in [5.41, 5.74) is 0.607. The lowest BCUT2D eigenvalue weighted by molar-refractivity contribution is -0.125. The molecule has 7 heteroatoms. The Labute approximate surface area is 125 Å². The van der Waals surface area contributed by atoms with Crippen LogP contribution in [0.3, 0.4) is 0 Å². The zero-order valence-corrected chi connectivity index (χ0v) is 13.8. The number of anilines is 1. The summed E-state index contributed by atoms with van der Waals surface area (Å²) in [6.45, 7) is 7.15. The number of carbonyl (C=O) groups is 1. The summed E-state index contributed by atoms with van der Waals surface area (Å²) < 4.78 is 31.4. The van der Waals surface area contributed by atoms with Crippen molar-refractivity contribution in [2.45, 2.75) is 38.2 Å². The monoisotopic (exact) mass is 314 g/mol. The van der Waals surface area contributed by atoms with Crippen LogP contribution in [0.15, 0.2) is 23.1 Å². The fourth-order valence-electron chi connectivity index (χ4n) is 1.56. The second kappa shape index (κ2) is 6.55. The first kappa shape index (κ1) is 17.6. The average molecular weight is 314 g/mol. The van der Waals surface area contributed by atoms with Crippen LogP contribution < -0.4 is 10.0 Å². The number of nitrogens with one attached hydrogen (secondary N) is 2. The Balaban J connectivity index is 2.87. The van der Waals surface area contributed by atoms with E-state index in [1.54, 1.807) is 19.1 Å². The van der Waals surface area contributed by atoms with Gasteiger partial charge in [0.25, 0.3) is 0 Å². The molecule has 0 fully saturated rings. The largest absolute Gasteiger partial charge is 0.366 e. The molecule has 0 spiro atoms. The first-order valence-corrected chi connectivity index (χ1v) is 8.01. The van der Waals surface area contributed by atoms with Gasteiger partial charge in [-0.2, -0.15) is 0 Å². The lowest BCUT2D eigenvalue weighted by Gasteiger charge is -2.19. The topological polar surface area (TPSA) is 84.5 Å². The van der Waals surface area contributed by atoms with E-state index in [0.29, 0.717) is 11.3 Å². The standard InChI is InChI=1S/C14H22N2O4S/c1-10-6-7-11(8-12(10)21(18,19)15-5)16-13(17)9-20-14(2,3)4/h6-8,15H,9H2,1-5H3,(H,16,17). The minimum atomic E-state index is -3.56. The molecule has 0 unspecified atom stereocenters. The second-order valence-electron chi connectivity index (χ2n) is 5.64. The van der Waals surface area contributed by atoms with Crippen molar-refractivity contribution in [2.24, 2.45) is 0 Å². The van der Waals surface area contributed by atoms with Gasteiger partial charge in [0, 0.05) is 5.69 Å². The Hall–Kier alpha value is -1.44. The summed E-state index contributed by atoms with van der Waals surface area (Å²) in [6, 6.07) is 4.72. The molecule has 118 valence electrons. The maximum Gasteiger partial charge on any atom is 0.250 e. The van der Waals surface area contributed by atoms with Crippen molar-refractivity contribution in [1.82, 2.24) is 4.72 Å². The minimum absolute atomic E-state index is 0.0918. The highest BCUT2D eigenvalue weighted by Gasteiger charge is 2.17. The van der Waals surface area contributed by atoms with Crippen LogP contribution in [0.5, 0.6) is 0 Å². The molecule has 0 aromatic heterocycles. The molecule has 1 amide bonds. The highest BCUT2D eigenvalue weighted by molar-refractivity contribution is 7.89. The van der Waals surface area contributed by atoms with E-state index in [1.165, 1.54) is 13.1 Å². The van der Waals surface area contributed by atoms with Gasteiger partial charge in [0.2, 0.25) is 15.9 Å². The fourth-order valence-corrected chi connectivity index (χ4v) is 2.55. The highest BCUT2D eigenvalue weighted by Crippen LogP contribution is 2.20. The quantitative estimate of drug-likeness (QED) is 0.865. The van der Waals surface area contributed by atoms with Crippen molar-refractivity contribution in [3.63, 3.8) is 0 Å². The maximum atomic E-state index is 11.9. The number of carbonyl (C=O) groups excluding carboxylic acids is 1. The number of hydrogen-bond acceptors (Lipinski definition) is 4. The average Bonchev–Trinajstić information content (AvgIpc) is 2.38. The van der Waals surface area contributed by atoms with Crippen LogP contribution >= 0.6 is 0 Å². The highest BCUT2D eigenvalue weighted by atomic mass is 32.2. The van der Waals surface area contributed by atoms with E-state index in [-0.39, 0.29) is 17.4 Å². The summed E-state index contributed by atoms with van der Waals surface area (Å²) in [4.78, 5) is 11.9. The van der Waals surface area contributed by atoms with E-state index in [9.17, 15) is 13.2 Å². The number of hydrogen-bond donors (Lipinski definition) is 2. The number of ether oxygens (including phenoxy) is 1. The Bertz CT molecular complexity index is 618. The first-order valence-electron chi connectivity index (χ1n) is 6.53. The van der Waals surface area contributed by atoms with E-state index >= 15 is 0 Å². The van der Waals surface area contributed by atoms with Crippen molar-refractivity contribution >= 4 is 21.6 Å². The third-order valence-electron chi connectivity index (χ3n) is 2.67. The summed E-state index contributed by atoms with van der Waals surface area (Å²) in [5, 5.41) is 2.62. The van der Waals surface area contributed by atoms with Crippen LogP contribution in [0.25, 0.3) is 0 Å². The Kier molecular flexibility index (Phi) is 5.49. The molecule has 0 saturated carbocycles. The van der Waals surface area contributed by atoms with Crippen molar-refractivity contribution in [3.8, 4) is 0 Å². The van der Waals surface area contributed by atoms with Crippen LogP contribution in [-0.4, -0.2) is 33.6 Å². The Morgan fingerprint density at radius 1 is 1.29 bits per heavy atom. The molecule has 0 aliphatic carbocycles. The molecule has 0 saturated heterocycles. The van der Waals surface area contributed by atoms with Gasteiger partial charge in [-0.1, -0.05) is 6.07 Å². The first-order chi connectivity index (χ1) is 9.55. The summed E-state index contributed by atoms with van der Waals surface area (Å²) >= 11 is 0. The third-order valence-corrected chi connectivity index (χ3v) is 4.22. The van der Waals surface area contributed by atoms with Crippen LogP contribution in [0.2, 0.25) is 0 Å². The number of benzene rings is 1. The van der Waals surface area contributed by atoms with E-state index in [2.05, 4.69) is 10.0 Å². The zero-order valence-electron chi connectivity index (χ0n) is 13.0. The molecule has 1 rings (SSSR count). The van der Waals surface area contributed by atoms with Gasteiger partial charge in [0.1, 0.15) is 6.61 Å². The van der Waals surface area contributed by atoms with Gasteiger partial charge < -0.3 is 10.1 Å². The molecule has 2 N–H and O–H groups in total. The third kappa shape index (κ3) is 5.45. The molecular formula is C14H22N2O4S.